The molecule has 0 aromatic rings. The van der Waals surface area contributed by atoms with Crippen molar-refractivity contribution in [2.24, 2.45) is 0 Å². The van der Waals surface area contributed by atoms with Crippen LogP contribution in [0.3, 0.4) is 0 Å². The lowest BCUT2D eigenvalue weighted by Crippen LogP contribution is -2.09. The van der Waals surface area contributed by atoms with Gasteiger partial charge in [-0.05, 0) is 13.3 Å². The lowest BCUT2D eigenvalue weighted by atomic mass is 10.3. The summed E-state index contributed by atoms with van der Waals surface area (Å²) in [6.45, 7) is 5.78. The lowest BCUT2D eigenvalue weighted by Gasteiger charge is -1.96. The predicted molar refractivity (Wildman–Crippen MR) is 54.5 cm³/mol. The molecule has 0 rings (SSSR count). The fraction of sp³-hybridized carbons (Fsp3) is 0.700. The van der Waals surface area contributed by atoms with Gasteiger partial charge in [0.05, 0.1) is 6.61 Å². The number of ketones is 1. The minimum absolute atomic E-state index is 0.0787. The SMILES string of the molecule is CCC(=O)C(=O)O.CCCC(=O)OCC. The molecular formula is C10H18O5. The Morgan fingerprint density at radius 1 is 1.13 bits per heavy atom. The van der Waals surface area contributed by atoms with Crippen LogP contribution < -0.4 is 0 Å². The van der Waals surface area contributed by atoms with Crippen molar-refractivity contribution in [2.45, 2.75) is 40.0 Å². The molecule has 0 spiro atoms. The van der Waals surface area contributed by atoms with E-state index in [0.717, 1.165) is 6.42 Å². The fourth-order valence-corrected chi connectivity index (χ4v) is 0.589. The number of carbonyl (C=O) groups is 3. The molecule has 0 aliphatic carbocycles. The van der Waals surface area contributed by atoms with E-state index >= 15 is 0 Å². The highest BCUT2D eigenvalue weighted by Crippen LogP contribution is 1.89. The van der Waals surface area contributed by atoms with Crippen LogP contribution in [-0.4, -0.2) is 29.4 Å². The smallest absolute Gasteiger partial charge is 0.372 e. The number of hydrogen-bond donors (Lipinski definition) is 1. The third kappa shape index (κ3) is 12.6. The molecule has 0 aliphatic heterocycles. The molecule has 0 aromatic carbocycles. The van der Waals surface area contributed by atoms with Gasteiger partial charge < -0.3 is 9.84 Å². The Labute approximate surface area is 89.4 Å². The normalized spacial score (nSPS) is 8.47. The van der Waals surface area contributed by atoms with Crippen molar-refractivity contribution in [1.29, 1.82) is 0 Å². The first-order chi connectivity index (χ1) is 6.99. The highest BCUT2D eigenvalue weighted by atomic mass is 16.5. The molecule has 0 aliphatic rings. The molecule has 0 atom stereocenters. The van der Waals surface area contributed by atoms with Crippen molar-refractivity contribution in [3.05, 3.63) is 0 Å². The van der Waals surface area contributed by atoms with Crippen LogP contribution in [0.1, 0.15) is 40.0 Å². The molecule has 0 saturated carbocycles. The van der Waals surface area contributed by atoms with Gasteiger partial charge in [-0.2, -0.15) is 0 Å². The molecule has 0 fully saturated rings. The summed E-state index contributed by atoms with van der Waals surface area (Å²) >= 11 is 0. The number of aliphatic carboxylic acids is 1. The van der Waals surface area contributed by atoms with Crippen LogP contribution in [0.2, 0.25) is 0 Å². The van der Waals surface area contributed by atoms with E-state index in [-0.39, 0.29) is 12.4 Å². The van der Waals surface area contributed by atoms with Crippen LogP contribution in [0.25, 0.3) is 0 Å². The maximum Gasteiger partial charge on any atom is 0.372 e. The van der Waals surface area contributed by atoms with E-state index < -0.39 is 11.8 Å². The molecule has 15 heavy (non-hydrogen) atoms. The molecule has 88 valence electrons. The first-order valence-electron chi connectivity index (χ1n) is 4.91. The number of ether oxygens (including phenoxy) is 1. The van der Waals surface area contributed by atoms with Crippen LogP contribution in [0.5, 0.6) is 0 Å². The van der Waals surface area contributed by atoms with Crippen molar-refractivity contribution in [3.8, 4) is 0 Å². The topological polar surface area (TPSA) is 80.7 Å². The summed E-state index contributed by atoms with van der Waals surface area (Å²) in [6, 6.07) is 0. The maximum absolute atomic E-state index is 10.4. The quantitative estimate of drug-likeness (QED) is 0.557. The standard InChI is InChI=1S/C6H12O2.C4H6O3/c1-3-5-6(7)8-4-2;1-2-3(5)4(6)7/h3-5H2,1-2H3;2H2,1H3,(H,6,7). The molecule has 0 aromatic heterocycles. The van der Waals surface area contributed by atoms with Gasteiger partial charge in [0.1, 0.15) is 0 Å². The Morgan fingerprint density at radius 2 is 1.67 bits per heavy atom. The van der Waals surface area contributed by atoms with Crippen LogP contribution >= 0.6 is 0 Å². The Balaban J connectivity index is 0. The van der Waals surface area contributed by atoms with Crippen molar-refractivity contribution >= 4 is 17.7 Å². The average molecular weight is 218 g/mol. The molecular weight excluding hydrogens is 200 g/mol. The van der Waals surface area contributed by atoms with Crippen LogP contribution in [0, 0.1) is 0 Å². The first kappa shape index (κ1) is 16.1. The van der Waals surface area contributed by atoms with Gasteiger partial charge in [-0.3, -0.25) is 9.59 Å². The number of Topliss-reactive ketones (excluding diaryl/α,β-unsaturated/α-hetero) is 1. The third-order valence-electron chi connectivity index (χ3n) is 1.32. The molecule has 0 saturated heterocycles. The van der Waals surface area contributed by atoms with Gasteiger partial charge in [0.2, 0.25) is 5.78 Å². The second-order valence-corrected chi connectivity index (χ2v) is 2.64. The van der Waals surface area contributed by atoms with Gasteiger partial charge >= 0.3 is 11.9 Å². The first-order valence-corrected chi connectivity index (χ1v) is 4.91. The lowest BCUT2D eigenvalue weighted by molar-refractivity contribution is -0.148. The van der Waals surface area contributed by atoms with Crippen molar-refractivity contribution < 1.29 is 24.2 Å². The zero-order chi connectivity index (χ0) is 12.3. The number of carboxylic acid groups (broad SMARTS) is 1. The van der Waals surface area contributed by atoms with Crippen LogP contribution in [0.4, 0.5) is 0 Å². The molecule has 0 amide bonds. The summed E-state index contributed by atoms with van der Waals surface area (Å²) in [5.74, 6) is -2.17. The molecule has 0 heterocycles. The number of carbonyl (C=O) groups excluding carboxylic acids is 2. The minimum atomic E-state index is -1.34. The van der Waals surface area contributed by atoms with E-state index in [2.05, 4.69) is 4.74 Å². The Bertz CT molecular complexity index is 202. The zero-order valence-electron chi connectivity index (χ0n) is 9.41. The molecule has 0 bridgehead atoms. The number of carboxylic acids is 1. The summed E-state index contributed by atoms with van der Waals surface area (Å²) in [4.78, 5) is 29.9. The van der Waals surface area contributed by atoms with Gasteiger partial charge in [0.15, 0.2) is 0 Å². The monoisotopic (exact) mass is 218 g/mol. The Hall–Kier alpha value is -1.39. The second-order valence-electron chi connectivity index (χ2n) is 2.64. The van der Waals surface area contributed by atoms with E-state index in [1.807, 2.05) is 13.8 Å². The number of hydrogen-bond acceptors (Lipinski definition) is 4. The highest BCUT2D eigenvalue weighted by molar-refractivity contribution is 6.32. The molecule has 5 heteroatoms. The number of esters is 1. The summed E-state index contributed by atoms with van der Waals surface area (Å²) in [7, 11) is 0. The third-order valence-corrected chi connectivity index (χ3v) is 1.32. The molecule has 0 unspecified atom stereocenters. The summed E-state index contributed by atoms with van der Waals surface area (Å²) < 4.78 is 4.64. The van der Waals surface area contributed by atoms with E-state index in [1.54, 1.807) is 0 Å². The van der Waals surface area contributed by atoms with Gasteiger partial charge in [0, 0.05) is 12.8 Å². The summed E-state index contributed by atoms with van der Waals surface area (Å²) in [5.41, 5.74) is 0. The minimum Gasteiger partial charge on any atom is -0.476 e. The van der Waals surface area contributed by atoms with Gasteiger partial charge in [-0.1, -0.05) is 13.8 Å². The molecule has 1 N–H and O–H groups in total. The zero-order valence-corrected chi connectivity index (χ0v) is 9.41. The number of rotatable bonds is 5. The largest absolute Gasteiger partial charge is 0.476 e. The van der Waals surface area contributed by atoms with Crippen molar-refractivity contribution in [3.63, 3.8) is 0 Å². The van der Waals surface area contributed by atoms with Crippen molar-refractivity contribution in [2.75, 3.05) is 6.61 Å². The van der Waals surface area contributed by atoms with E-state index in [1.165, 1.54) is 6.92 Å². The van der Waals surface area contributed by atoms with Gasteiger partial charge in [-0.25, -0.2) is 4.79 Å². The van der Waals surface area contributed by atoms with Crippen LogP contribution in [-0.2, 0) is 19.1 Å². The highest BCUT2D eigenvalue weighted by Gasteiger charge is 2.05. The van der Waals surface area contributed by atoms with Crippen LogP contribution in [0.15, 0.2) is 0 Å². The summed E-state index contributed by atoms with van der Waals surface area (Å²) in [6.07, 6.45) is 1.50. The predicted octanol–water partition coefficient (Wildman–Crippen LogP) is 1.40. The van der Waals surface area contributed by atoms with E-state index in [0.29, 0.717) is 13.0 Å². The van der Waals surface area contributed by atoms with Gasteiger partial charge in [0.25, 0.3) is 0 Å². The van der Waals surface area contributed by atoms with Crippen molar-refractivity contribution in [1.82, 2.24) is 0 Å². The summed E-state index contributed by atoms with van der Waals surface area (Å²) in [5, 5.41) is 7.83. The fourth-order valence-electron chi connectivity index (χ4n) is 0.589. The Morgan fingerprint density at radius 3 is 1.87 bits per heavy atom. The molecule has 0 radical (unpaired) electrons. The molecule has 5 nitrogen and oxygen atoms in total. The van der Waals surface area contributed by atoms with E-state index in [9.17, 15) is 14.4 Å². The van der Waals surface area contributed by atoms with Gasteiger partial charge in [-0.15, -0.1) is 0 Å². The van der Waals surface area contributed by atoms with E-state index in [4.69, 9.17) is 5.11 Å². The average Bonchev–Trinajstić information content (AvgIpc) is 2.18. The Kier molecular flexibility index (Phi) is 11.4. The maximum atomic E-state index is 10.4. The second kappa shape index (κ2) is 10.7.